The van der Waals surface area contributed by atoms with Crippen molar-refractivity contribution in [2.24, 2.45) is 0 Å². The topological polar surface area (TPSA) is 20.3 Å². The third kappa shape index (κ3) is 4.02. The van der Waals surface area contributed by atoms with Crippen LogP contribution in [-0.4, -0.2) is 35.7 Å². The third-order valence-corrected chi connectivity index (χ3v) is 3.81. The summed E-state index contributed by atoms with van der Waals surface area (Å²) in [6.45, 7) is 0.909. The number of alkyl halides is 2. The molecule has 2 nitrogen and oxygen atoms in total. The largest absolute Gasteiger partial charge is 0.336 e. The molecule has 0 spiro atoms. The number of rotatable bonds is 5. The minimum Gasteiger partial charge on any atom is -0.336 e. The molecule has 94 valence electrons. The highest BCUT2D eigenvalue weighted by molar-refractivity contribution is 9.10. The zero-order valence-electron chi connectivity index (χ0n) is 8.93. The molecule has 0 saturated heterocycles. The molecule has 0 aromatic heterocycles. The molecule has 1 amide bonds. The molecule has 0 bridgehead atoms. The van der Waals surface area contributed by atoms with Gasteiger partial charge in [0.05, 0.1) is 10.6 Å². The molecule has 0 atom stereocenters. The summed E-state index contributed by atoms with van der Waals surface area (Å²) in [7, 11) is 0. The molecule has 0 saturated carbocycles. The van der Waals surface area contributed by atoms with Crippen molar-refractivity contribution in [3.63, 3.8) is 0 Å². The van der Waals surface area contributed by atoms with Gasteiger partial charge in [-0.25, -0.2) is 0 Å². The molecule has 0 heterocycles. The van der Waals surface area contributed by atoms with Crippen LogP contribution in [-0.2, 0) is 0 Å². The average Bonchev–Trinajstić information content (AvgIpc) is 2.31. The van der Waals surface area contributed by atoms with Crippen LogP contribution in [0.15, 0.2) is 22.7 Å². The maximum Gasteiger partial charge on any atom is 0.255 e. The van der Waals surface area contributed by atoms with E-state index < -0.39 is 0 Å². The summed E-state index contributed by atoms with van der Waals surface area (Å²) in [6.07, 6.45) is 0. The molecule has 0 aliphatic heterocycles. The van der Waals surface area contributed by atoms with Gasteiger partial charge in [0.1, 0.15) is 0 Å². The van der Waals surface area contributed by atoms with Crippen LogP contribution in [0, 0.1) is 0 Å². The molecule has 0 N–H and O–H groups in total. The van der Waals surface area contributed by atoms with Gasteiger partial charge in [-0.2, -0.15) is 0 Å². The summed E-state index contributed by atoms with van der Waals surface area (Å²) >= 11 is 20.7. The molecule has 0 radical (unpaired) electrons. The Balaban J connectivity index is 2.96. The van der Waals surface area contributed by atoms with Gasteiger partial charge in [0, 0.05) is 29.3 Å². The van der Waals surface area contributed by atoms with E-state index in [4.69, 9.17) is 34.8 Å². The lowest BCUT2D eigenvalue weighted by Gasteiger charge is -2.21. The molecular weight excluding hydrogens is 348 g/mol. The number of hydrogen-bond acceptors (Lipinski definition) is 1. The molecule has 0 fully saturated rings. The first-order chi connectivity index (χ1) is 8.11. The molecule has 0 unspecified atom stereocenters. The van der Waals surface area contributed by atoms with Crippen LogP contribution in [0.25, 0.3) is 0 Å². The van der Waals surface area contributed by atoms with Gasteiger partial charge in [-0.1, -0.05) is 17.7 Å². The lowest BCUT2D eigenvalue weighted by molar-refractivity contribution is 0.0775. The van der Waals surface area contributed by atoms with Crippen LogP contribution in [0.2, 0.25) is 5.02 Å². The third-order valence-electron chi connectivity index (χ3n) is 2.18. The van der Waals surface area contributed by atoms with Crippen LogP contribution in [0.5, 0.6) is 0 Å². The van der Waals surface area contributed by atoms with Gasteiger partial charge in [-0.15, -0.1) is 23.2 Å². The SMILES string of the molecule is O=C(c1cccc(Br)c1Cl)N(CCCl)CCCl. The summed E-state index contributed by atoms with van der Waals surface area (Å²) in [5.41, 5.74) is 0.455. The smallest absolute Gasteiger partial charge is 0.255 e. The maximum atomic E-state index is 12.2. The van der Waals surface area contributed by atoms with Gasteiger partial charge in [0.2, 0.25) is 0 Å². The number of halogens is 4. The van der Waals surface area contributed by atoms with E-state index in [1.807, 2.05) is 0 Å². The number of amides is 1. The summed E-state index contributed by atoms with van der Waals surface area (Å²) in [5, 5.41) is 0.409. The Morgan fingerprint density at radius 2 is 1.82 bits per heavy atom. The van der Waals surface area contributed by atoms with Crippen molar-refractivity contribution in [1.82, 2.24) is 4.90 Å². The van der Waals surface area contributed by atoms with E-state index in [-0.39, 0.29) is 5.91 Å². The van der Waals surface area contributed by atoms with Gasteiger partial charge >= 0.3 is 0 Å². The lowest BCUT2D eigenvalue weighted by Crippen LogP contribution is -2.34. The van der Waals surface area contributed by atoms with Crippen molar-refractivity contribution >= 4 is 56.6 Å². The van der Waals surface area contributed by atoms with Crippen LogP contribution in [0.3, 0.4) is 0 Å². The predicted octanol–water partition coefficient (Wildman–Crippen LogP) is 4.02. The molecule has 1 rings (SSSR count). The van der Waals surface area contributed by atoms with Crippen molar-refractivity contribution in [2.75, 3.05) is 24.8 Å². The minimum atomic E-state index is -0.155. The van der Waals surface area contributed by atoms with Gasteiger partial charge in [-0.05, 0) is 28.1 Å². The zero-order chi connectivity index (χ0) is 12.8. The quantitative estimate of drug-likeness (QED) is 0.727. The second-order valence-corrected chi connectivity index (χ2v) is 5.26. The van der Waals surface area contributed by atoms with E-state index in [1.165, 1.54) is 0 Å². The van der Waals surface area contributed by atoms with Gasteiger partial charge in [0.15, 0.2) is 0 Å². The summed E-state index contributed by atoms with van der Waals surface area (Å²) in [4.78, 5) is 13.8. The number of hydrogen-bond donors (Lipinski definition) is 0. The van der Waals surface area contributed by atoms with Crippen LogP contribution < -0.4 is 0 Å². The first-order valence-electron chi connectivity index (χ1n) is 4.97. The second kappa shape index (κ2) is 7.47. The molecule has 1 aromatic carbocycles. The molecular formula is C11H11BrCl3NO. The molecule has 1 aromatic rings. The number of benzene rings is 1. The Labute approximate surface area is 124 Å². The summed E-state index contributed by atoms with van der Waals surface area (Å²) in [6, 6.07) is 5.24. The molecule has 0 aliphatic rings. The summed E-state index contributed by atoms with van der Waals surface area (Å²) < 4.78 is 0.696. The molecule has 0 aliphatic carbocycles. The van der Waals surface area contributed by atoms with Crippen molar-refractivity contribution in [2.45, 2.75) is 0 Å². The van der Waals surface area contributed by atoms with Gasteiger partial charge in [0.25, 0.3) is 5.91 Å². The number of carbonyl (C=O) groups is 1. The van der Waals surface area contributed by atoms with Crippen molar-refractivity contribution in [3.05, 3.63) is 33.3 Å². The fourth-order valence-electron chi connectivity index (χ4n) is 1.36. The second-order valence-electron chi connectivity index (χ2n) is 3.27. The Bertz CT molecular complexity index is 394. The van der Waals surface area contributed by atoms with E-state index >= 15 is 0 Å². The van der Waals surface area contributed by atoms with Gasteiger partial charge < -0.3 is 4.90 Å². The van der Waals surface area contributed by atoms with Crippen LogP contribution >= 0.6 is 50.7 Å². The van der Waals surface area contributed by atoms with Crippen molar-refractivity contribution < 1.29 is 4.79 Å². The average molecular weight is 359 g/mol. The molecule has 6 heteroatoms. The highest BCUT2D eigenvalue weighted by atomic mass is 79.9. The monoisotopic (exact) mass is 357 g/mol. The Morgan fingerprint density at radius 1 is 1.24 bits per heavy atom. The normalized spacial score (nSPS) is 10.4. The highest BCUT2D eigenvalue weighted by Gasteiger charge is 2.18. The van der Waals surface area contributed by atoms with Crippen LogP contribution in [0.1, 0.15) is 10.4 Å². The Morgan fingerprint density at radius 3 is 2.35 bits per heavy atom. The first kappa shape index (κ1) is 15.1. The number of nitrogens with zero attached hydrogens (tertiary/aromatic N) is 1. The molecule has 17 heavy (non-hydrogen) atoms. The minimum absolute atomic E-state index is 0.155. The Kier molecular flexibility index (Phi) is 6.63. The number of carbonyl (C=O) groups excluding carboxylic acids is 1. The Hall–Kier alpha value is 0.0400. The van der Waals surface area contributed by atoms with E-state index in [1.54, 1.807) is 23.1 Å². The van der Waals surface area contributed by atoms with E-state index in [0.29, 0.717) is 39.9 Å². The van der Waals surface area contributed by atoms with E-state index in [2.05, 4.69) is 15.9 Å². The zero-order valence-corrected chi connectivity index (χ0v) is 12.8. The highest BCUT2D eigenvalue weighted by Crippen LogP contribution is 2.26. The fourth-order valence-corrected chi connectivity index (χ4v) is 2.34. The maximum absolute atomic E-state index is 12.2. The van der Waals surface area contributed by atoms with Crippen molar-refractivity contribution in [3.8, 4) is 0 Å². The van der Waals surface area contributed by atoms with E-state index in [9.17, 15) is 4.79 Å². The van der Waals surface area contributed by atoms with Crippen LogP contribution in [0.4, 0.5) is 0 Å². The summed E-state index contributed by atoms with van der Waals surface area (Å²) in [5.74, 6) is 0.584. The van der Waals surface area contributed by atoms with E-state index in [0.717, 1.165) is 0 Å². The van der Waals surface area contributed by atoms with Crippen molar-refractivity contribution in [1.29, 1.82) is 0 Å². The lowest BCUT2D eigenvalue weighted by atomic mass is 10.2. The van der Waals surface area contributed by atoms with Gasteiger partial charge in [-0.3, -0.25) is 4.79 Å². The first-order valence-corrected chi connectivity index (χ1v) is 7.21. The predicted molar refractivity (Wildman–Crippen MR) is 76.5 cm³/mol. The fraction of sp³-hybridized carbons (Fsp3) is 0.364. The standard InChI is InChI=1S/C11H11BrCl3NO/c12-9-3-1-2-8(10(9)15)11(17)16(6-4-13)7-5-14/h1-3H,4-7H2.